The van der Waals surface area contributed by atoms with Crippen LogP contribution in [0.4, 0.5) is 5.82 Å². The molecule has 0 amide bonds. The minimum Gasteiger partial charge on any atom is -0.475 e. The van der Waals surface area contributed by atoms with E-state index >= 15 is 0 Å². The molecule has 17 heavy (non-hydrogen) atoms. The Morgan fingerprint density at radius 2 is 2.24 bits per heavy atom. The molecule has 0 bridgehead atoms. The molecule has 0 unspecified atom stereocenters. The number of hydrogen-bond acceptors (Lipinski definition) is 6. The van der Waals surface area contributed by atoms with Gasteiger partial charge in [-0.1, -0.05) is 11.8 Å². The van der Waals surface area contributed by atoms with Crippen LogP contribution in [0.15, 0.2) is 34.2 Å². The van der Waals surface area contributed by atoms with Gasteiger partial charge < -0.3 is 15.3 Å². The van der Waals surface area contributed by atoms with Crippen molar-refractivity contribution >= 4 is 23.5 Å². The molecule has 2 aromatic rings. The number of thioether (sulfide) groups is 1. The third-order valence-corrected chi connectivity index (χ3v) is 3.04. The Morgan fingerprint density at radius 1 is 1.47 bits per heavy atom. The fourth-order valence-corrected chi connectivity index (χ4v) is 2.09. The zero-order valence-corrected chi connectivity index (χ0v) is 9.48. The minimum atomic E-state index is -1.09. The first-order valence-corrected chi connectivity index (χ1v) is 5.66. The van der Waals surface area contributed by atoms with Gasteiger partial charge in [-0.25, -0.2) is 14.8 Å². The molecule has 0 aliphatic rings. The number of aromatic nitrogens is 2. The third-order valence-electron chi connectivity index (χ3n) is 2.00. The summed E-state index contributed by atoms with van der Waals surface area (Å²) in [5.74, 6) is -0.392. The maximum absolute atomic E-state index is 10.8. The number of hydrogen-bond donors (Lipinski definition) is 2. The van der Waals surface area contributed by atoms with Gasteiger partial charge in [0.15, 0.2) is 5.82 Å². The fourth-order valence-electron chi connectivity index (χ4n) is 1.23. The van der Waals surface area contributed by atoms with Crippen LogP contribution < -0.4 is 5.73 Å². The highest BCUT2D eigenvalue weighted by Gasteiger charge is 2.14. The second-order valence-electron chi connectivity index (χ2n) is 3.12. The first kappa shape index (κ1) is 11.5. The van der Waals surface area contributed by atoms with Crippen molar-refractivity contribution in [3.63, 3.8) is 0 Å². The maximum atomic E-state index is 10.8. The summed E-state index contributed by atoms with van der Waals surface area (Å²) in [6.07, 6.45) is 4.38. The lowest BCUT2D eigenvalue weighted by Crippen LogP contribution is -1.99. The molecular weight excluding hydrogens is 242 g/mol. The van der Waals surface area contributed by atoms with E-state index in [0.717, 1.165) is 0 Å². The zero-order valence-electron chi connectivity index (χ0n) is 8.66. The van der Waals surface area contributed by atoms with Crippen LogP contribution in [0.2, 0.25) is 0 Å². The number of rotatable bonds is 4. The van der Waals surface area contributed by atoms with Crippen molar-refractivity contribution in [2.45, 2.75) is 10.8 Å². The number of nitrogen functional groups attached to an aromatic ring is 1. The number of carboxylic acids is 1. The number of anilines is 1. The molecule has 2 heterocycles. The number of furan rings is 1. The summed E-state index contributed by atoms with van der Waals surface area (Å²) in [5, 5.41) is 9.42. The van der Waals surface area contributed by atoms with E-state index in [4.69, 9.17) is 15.3 Å². The summed E-state index contributed by atoms with van der Waals surface area (Å²) in [6.45, 7) is 0. The molecule has 0 atom stereocenters. The van der Waals surface area contributed by atoms with E-state index in [0.29, 0.717) is 22.2 Å². The highest BCUT2D eigenvalue weighted by molar-refractivity contribution is 7.98. The molecule has 0 aromatic carbocycles. The van der Waals surface area contributed by atoms with E-state index in [9.17, 15) is 4.79 Å². The van der Waals surface area contributed by atoms with E-state index in [-0.39, 0.29) is 5.76 Å². The Morgan fingerprint density at radius 3 is 2.94 bits per heavy atom. The van der Waals surface area contributed by atoms with E-state index < -0.39 is 5.97 Å². The molecule has 0 fully saturated rings. The van der Waals surface area contributed by atoms with Crippen molar-refractivity contribution in [2.24, 2.45) is 0 Å². The average Bonchev–Trinajstić information content (AvgIpc) is 2.76. The number of carbonyl (C=O) groups is 1. The Kier molecular flexibility index (Phi) is 3.29. The molecule has 0 aliphatic heterocycles. The Hall–Kier alpha value is -2.02. The predicted octanol–water partition coefficient (Wildman–Crippen LogP) is 1.64. The first-order valence-electron chi connectivity index (χ1n) is 4.67. The highest BCUT2D eigenvalue weighted by Crippen LogP contribution is 2.26. The van der Waals surface area contributed by atoms with Crippen molar-refractivity contribution in [3.8, 4) is 0 Å². The van der Waals surface area contributed by atoms with Gasteiger partial charge in [-0.3, -0.25) is 0 Å². The molecule has 0 saturated carbocycles. The van der Waals surface area contributed by atoms with Gasteiger partial charge in [0, 0.05) is 23.7 Å². The van der Waals surface area contributed by atoms with Gasteiger partial charge in [-0.2, -0.15) is 0 Å². The molecule has 88 valence electrons. The fraction of sp³-hybridized carbons (Fsp3) is 0.100. The lowest BCUT2D eigenvalue weighted by Gasteiger charge is -2.01. The van der Waals surface area contributed by atoms with Crippen LogP contribution in [-0.4, -0.2) is 21.0 Å². The topological polar surface area (TPSA) is 102 Å². The third kappa shape index (κ3) is 2.56. The predicted molar refractivity (Wildman–Crippen MR) is 61.7 cm³/mol. The lowest BCUT2D eigenvalue weighted by atomic mass is 10.3. The SMILES string of the molecule is Nc1nccnc1SCc1ccoc1C(=O)O. The normalized spacial score (nSPS) is 10.4. The molecule has 7 heteroatoms. The average molecular weight is 251 g/mol. The van der Waals surface area contributed by atoms with Crippen molar-refractivity contribution < 1.29 is 14.3 Å². The van der Waals surface area contributed by atoms with E-state index in [1.54, 1.807) is 6.07 Å². The smallest absolute Gasteiger partial charge is 0.372 e. The maximum Gasteiger partial charge on any atom is 0.372 e. The van der Waals surface area contributed by atoms with Crippen LogP contribution >= 0.6 is 11.8 Å². The molecule has 2 aromatic heterocycles. The largest absolute Gasteiger partial charge is 0.475 e. The van der Waals surface area contributed by atoms with Gasteiger partial charge in [0.05, 0.1) is 6.26 Å². The quantitative estimate of drug-likeness (QED) is 0.796. The standard InChI is InChI=1S/C10H9N3O3S/c11-8-9(13-3-2-12-8)17-5-6-1-4-16-7(6)10(14)15/h1-4H,5H2,(H2,11,12)(H,14,15). The van der Waals surface area contributed by atoms with Gasteiger partial charge in [-0.15, -0.1) is 0 Å². The first-order chi connectivity index (χ1) is 8.18. The summed E-state index contributed by atoms with van der Waals surface area (Å²) < 4.78 is 4.86. The van der Waals surface area contributed by atoms with Crippen LogP contribution in [-0.2, 0) is 5.75 Å². The van der Waals surface area contributed by atoms with Crippen LogP contribution in [0.25, 0.3) is 0 Å². The van der Waals surface area contributed by atoms with Gasteiger partial charge in [0.1, 0.15) is 5.03 Å². The van der Waals surface area contributed by atoms with Gasteiger partial charge in [0.2, 0.25) is 5.76 Å². The second-order valence-corrected chi connectivity index (χ2v) is 4.08. The lowest BCUT2D eigenvalue weighted by molar-refractivity contribution is 0.0661. The number of carboxylic acid groups (broad SMARTS) is 1. The van der Waals surface area contributed by atoms with Crippen LogP contribution in [0, 0.1) is 0 Å². The molecular formula is C10H9N3O3S. The molecule has 0 spiro atoms. The van der Waals surface area contributed by atoms with E-state index in [2.05, 4.69) is 9.97 Å². The Labute approximate surface area is 101 Å². The number of aromatic carboxylic acids is 1. The number of nitrogens with zero attached hydrogens (tertiary/aromatic N) is 2. The monoisotopic (exact) mass is 251 g/mol. The Balaban J connectivity index is 2.10. The second kappa shape index (κ2) is 4.88. The van der Waals surface area contributed by atoms with Crippen LogP contribution in [0.1, 0.15) is 16.1 Å². The van der Waals surface area contributed by atoms with Gasteiger partial charge >= 0.3 is 5.97 Å². The van der Waals surface area contributed by atoms with E-state index in [1.807, 2.05) is 0 Å². The summed E-state index contributed by atoms with van der Waals surface area (Å²) in [5.41, 5.74) is 6.21. The Bertz CT molecular complexity index is 541. The summed E-state index contributed by atoms with van der Waals surface area (Å²) in [6, 6.07) is 1.61. The van der Waals surface area contributed by atoms with Crippen LogP contribution in [0.3, 0.4) is 0 Å². The minimum absolute atomic E-state index is 0.0556. The molecule has 0 saturated heterocycles. The highest BCUT2D eigenvalue weighted by atomic mass is 32.2. The molecule has 3 N–H and O–H groups in total. The van der Waals surface area contributed by atoms with Crippen molar-refractivity contribution in [1.82, 2.24) is 9.97 Å². The number of nitrogens with two attached hydrogens (primary N) is 1. The molecule has 0 aliphatic carbocycles. The zero-order chi connectivity index (χ0) is 12.3. The summed E-state index contributed by atoms with van der Waals surface area (Å²) >= 11 is 1.31. The van der Waals surface area contributed by atoms with Crippen LogP contribution in [0.5, 0.6) is 0 Å². The van der Waals surface area contributed by atoms with Crippen molar-refractivity contribution in [2.75, 3.05) is 5.73 Å². The van der Waals surface area contributed by atoms with Gasteiger partial charge in [0.25, 0.3) is 0 Å². The van der Waals surface area contributed by atoms with Crippen molar-refractivity contribution in [3.05, 3.63) is 36.0 Å². The summed E-state index contributed by atoms with van der Waals surface area (Å²) in [4.78, 5) is 18.7. The molecule has 6 nitrogen and oxygen atoms in total. The van der Waals surface area contributed by atoms with E-state index in [1.165, 1.54) is 30.4 Å². The van der Waals surface area contributed by atoms with Crippen molar-refractivity contribution in [1.29, 1.82) is 0 Å². The van der Waals surface area contributed by atoms with Gasteiger partial charge in [-0.05, 0) is 6.07 Å². The molecule has 0 radical (unpaired) electrons. The molecule has 2 rings (SSSR count). The summed E-state index contributed by atoms with van der Waals surface area (Å²) in [7, 11) is 0.